The van der Waals surface area contributed by atoms with Crippen LogP contribution in [0, 0.1) is 6.92 Å². The van der Waals surface area contributed by atoms with E-state index in [1.54, 1.807) is 0 Å². The topological polar surface area (TPSA) is 24.9 Å². The van der Waals surface area contributed by atoms with Crippen LogP contribution in [0.4, 0.5) is 5.69 Å². The van der Waals surface area contributed by atoms with Gasteiger partial charge >= 0.3 is 0 Å². The number of nitrogens with zero attached hydrogens (tertiary/aromatic N) is 1. The predicted octanol–water partition coefficient (Wildman–Crippen LogP) is 5.05. The van der Waals surface area contributed by atoms with Crippen LogP contribution in [0.3, 0.4) is 0 Å². The summed E-state index contributed by atoms with van der Waals surface area (Å²) in [6.45, 7) is 12.0. The van der Waals surface area contributed by atoms with E-state index >= 15 is 0 Å². The summed E-state index contributed by atoms with van der Waals surface area (Å²) in [5, 5.41) is 4.89. The number of rotatable bonds is 5. The molecular weight excluding hydrogens is 244 g/mol. The number of fused-ring (bicyclic) bond motifs is 1. The van der Waals surface area contributed by atoms with E-state index in [0.29, 0.717) is 5.92 Å². The number of hydrogen-bond donors (Lipinski definition) is 1. The Labute approximate surface area is 122 Å². The summed E-state index contributed by atoms with van der Waals surface area (Å²) in [4.78, 5) is 4.78. The molecule has 1 aromatic heterocycles. The zero-order valence-electron chi connectivity index (χ0n) is 13.4. The lowest BCUT2D eigenvalue weighted by Crippen LogP contribution is -2.07. The van der Waals surface area contributed by atoms with Gasteiger partial charge < -0.3 is 5.32 Å². The van der Waals surface area contributed by atoms with Crippen molar-refractivity contribution in [2.75, 3.05) is 11.9 Å². The van der Waals surface area contributed by atoms with Gasteiger partial charge in [-0.3, -0.25) is 4.98 Å². The molecule has 0 unspecified atom stereocenters. The molecule has 0 fully saturated rings. The second kappa shape index (κ2) is 6.25. The fraction of sp³-hybridized carbons (Fsp3) is 0.500. The largest absolute Gasteiger partial charge is 0.384 e. The molecule has 2 heteroatoms. The van der Waals surface area contributed by atoms with E-state index in [4.69, 9.17) is 4.98 Å². The van der Waals surface area contributed by atoms with Gasteiger partial charge in [-0.2, -0.15) is 0 Å². The first-order valence-electron chi connectivity index (χ1n) is 7.75. The smallest absolute Gasteiger partial charge is 0.0726 e. The number of aryl methyl sites for hydroxylation is 1. The van der Waals surface area contributed by atoms with Gasteiger partial charge in [0, 0.05) is 23.3 Å². The van der Waals surface area contributed by atoms with Crippen LogP contribution in [-0.2, 0) is 6.42 Å². The molecule has 20 heavy (non-hydrogen) atoms. The highest BCUT2D eigenvalue weighted by Crippen LogP contribution is 2.31. The molecule has 2 aromatic rings. The Kier molecular flexibility index (Phi) is 4.64. The molecular formula is C18H26N2. The highest BCUT2D eigenvalue weighted by atomic mass is 14.9. The first-order valence-corrected chi connectivity index (χ1v) is 7.75. The van der Waals surface area contributed by atoms with E-state index in [9.17, 15) is 0 Å². The van der Waals surface area contributed by atoms with Crippen molar-refractivity contribution >= 4 is 16.6 Å². The Morgan fingerprint density at radius 2 is 1.95 bits per heavy atom. The van der Waals surface area contributed by atoms with E-state index in [-0.39, 0.29) is 0 Å². The first kappa shape index (κ1) is 14.8. The maximum atomic E-state index is 4.78. The van der Waals surface area contributed by atoms with Gasteiger partial charge in [-0.25, -0.2) is 0 Å². The molecule has 0 amide bonds. The van der Waals surface area contributed by atoms with E-state index in [2.05, 4.69) is 58.1 Å². The monoisotopic (exact) mass is 270 g/mol. The van der Waals surface area contributed by atoms with Crippen molar-refractivity contribution in [2.24, 2.45) is 0 Å². The number of pyridine rings is 1. The third-order valence-electron chi connectivity index (χ3n) is 3.89. The quantitative estimate of drug-likeness (QED) is 0.822. The van der Waals surface area contributed by atoms with Crippen LogP contribution in [0.5, 0.6) is 0 Å². The molecule has 0 aliphatic carbocycles. The normalized spacial score (nSPS) is 11.3. The van der Waals surface area contributed by atoms with Crippen molar-refractivity contribution in [3.05, 3.63) is 35.0 Å². The molecule has 0 atom stereocenters. The summed E-state index contributed by atoms with van der Waals surface area (Å²) in [7, 11) is 0. The molecule has 0 saturated heterocycles. The number of nitrogens with one attached hydrogen (secondary N) is 1. The van der Waals surface area contributed by atoms with Crippen LogP contribution >= 0.6 is 0 Å². The molecule has 1 heterocycles. The van der Waals surface area contributed by atoms with Crippen LogP contribution in [-0.4, -0.2) is 11.5 Å². The van der Waals surface area contributed by atoms with Crippen molar-refractivity contribution in [1.29, 1.82) is 0 Å². The number of hydrogen-bond acceptors (Lipinski definition) is 2. The van der Waals surface area contributed by atoms with Gasteiger partial charge in [0.15, 0.2) is 0 Å². The minimum atomic E-state index is 0.546. The highest BCUT2D eigenvalue weighted by molar-refractivity contribution is 5.94. The van der Waals surface area contributed by atoms with Crippen LogP contribution in [0.1, 0.15) is 56.9 Å². The van der Waals surface area contributed by atoms with Gasteiger partial charge in [-0.1, -0.05) is 33.8 Å². The maximum Gasteiger partial charge on any atom is 0.0726 e. The zero-order chi connectivity index (χ0) is 14.7. The van der Waals surface area contributed by atoms with Gasteiger partial charge in [-0.15, -0.1) is 0 Å². The highest BCUT2D eigenvalue weighted by Gasteiger charge is 2.12. The molecule has 0 radical (unpaired) electrons. The minimum Gasteiger partial charge on any atom is -0.384 e. The van der Waals surface area contributed by atoms with E-state index in [1.165, 1.54) is 22.2 Å². The lowest BCUT2D eigenvalue weighted by Gasteiger charge is -2.17. The zero-order valence-corrected chi connectivity index (χ0v) is 13.4. The molecule has 0 aliphatic heterocycles. The molecule has 108 valence electrons. The summed E-state index contributed by atoms with van der Waals surface area (Å²) in [6.07, 6.45) is 2.16. The van der Waals surface area contributed by atoms with Crippen molar-refractivity contribution in [3.8, 4) is 0 Å². The molecule has 1 aromatic carbocycles. The van der Waals surface area contributed by atoms with E-state index < -0.39 is 0 Å². The summed E-state index contributed by atoms with van der Waals surface area (Å²) in [5.74, 6) is 0.546. The van der Waals surface area contributed by atoms with Crippen molar-refractivity contribution in [1.82, 2.24) is 4.98 Å². The lowest BCUT2D eigenvalue weighted by molar-refractivity contribution is 0.868. The van der Waals surface area contributed by atoms with Gasteiger partial charge in [0.2, 0.25) is 0 Å². The Morgan fingerprint density at radius 3 is 2.55 bits per heavy atom. The predicted molar refractivity (Wildman–Crippen MR) is 88.7 cm³/mol. The average Bonchev–Trinajstić information content (AvgIpc) is 2.43. The molecule has 2 rings (SSSR count). The molecule has 2 nitrogen and oxygen atoms in total. The van der Waals surface area contributed by atoms with Gasteiger partial charge in [0.1, 0.15) is 0 Å². The fourth-order valence-corrected chi connectivity index (χ4v) is 2.69. The number of anilines is 1. The lowest BCUT2D eigenvalue weighted by atomic mass is 9.97. The van der Waals surface area contributed by atoms with Crippen molar-refractivity contribution in [2.45, 2.75) is 53.4 Å². The first-order chi connectivity index (χ1) is 9.58. The van der Waals surface area contributed by atoms with E-state index in [0.717, 1.165) is 30.6 Å². The van der Waals surface area contributed by atoms with Crippen LogP contribution in [0.15, 0.2) is 18.2 Å². The van der Waals surface area contributed by atoms with Gasteiger partial charge in [0.25, 0.3) is 0 Å². The third-order valence-corrected chi connectivity index (χ3v) is 3.89. The maximum absolute atomic E-state index is 4.78. The molecule has 0 bridgehead atoms. The third kappa shape index (κ3) is 2.79. The van der Waals surface area contributed by atoms with Gasteiger partial charge in [-0.05, 0) is 48.9 Å². The Balaban J connectivity index is 2.68. The molecule has 0 aliphatic rings. The van der Waals surface area contributed by atoms with Crippen molar-refractivity contribution in [3.63, 3.8) is 0 Å². The van der Waals surface area contributed by atoms with Crippen LogP contribution in [0.25, 0.3) is 10.9 Å². The Hall–Kier alpha value is -1.57. The fourth-order valence-electron chi connectivity index (χ4n) is 2.69. The summed E-state index contributed by atoms with van der Waals surface area (Å²) < 4.78 is 0. The van der Waals surface area contributed by atoms with Crippen molar-refractivity contribution < 1.29 is 0 Å². The molecule has 0 spiro atoms. The second-order valence-electron chi connectivity index (χ2n) is 5.76. The van der Waals surface area contributed by atoms with E-state index in [1.807, 2.05) is 0 Å². The van der Waals surface area contributed by atoms with Crippen LogP contribution < -0.4 is 5.32 Å². The molecule has 1 N–H and O–H groups in total. The number of benzene rings is 1. The summed E-state index contributed by atoms with van der Waals surface area (Å²) in [6, 6.07) is 6.67. The van der Waals surface area contributed by atoms with Gasteiger partial charge in [0.05, 0.1) is 5.52 Å². The van der Waals surface area contributed by atoms with Crippen LogP contribution in [0.2, 0.25) is 0 Å². The summed E-state index contributed by atoms with van der Waals surface area (Å²) in [5.41, 5.74) is 6.27. The Bertz CT molecular complexity index is 600. The standard InChI is InChI=1S/C18H26N2/c1-6-10-19-18-15(7-2)13(5)20-17-9-8-14(12(3)4)11-16(17)18/h8-9,11-12H,6-7,10H2,1-5H3,(H,19,20). The Morgan fingerprint density at radius 1 is 1.20 bits per heavy atom. The SMILES string of the molecule is CCCNc1c(CC)c(C)nc2ccc(C(C)C)cc12. The summed E-state index contributed by atoms with van der Waals surface area (Å²) >= 11 is 0. The minimum absolute atomic E-state index is 0.546. The number of aromatic nitrogens is 1. The molecule has 0 saturated carbocycles. The average molecular weight is 270 g/mol. The second-order valence-corrected chi connectivity index (χ2v) is 5.76.